The number of hydrogen-bond acceptors (Lipinski definition) is 2. The van der Waals surface area contributed by atoms with Crippen LogP contribution in [0.2, 0.25) is 0 Å². The Morgan fingerprint density at radius 1 is 1.45 bits per heavy atom. The average Bonchev–Trinajstić information content (AvgIpc) is 1.98. The molecule has 0 saturated carbocycles. The molecule has 0 aromatic rings. The fourth-order valence-corrected chi connectivity index (χ4v) is 0.929. The van der Waals surface area contributed by atoms with Gasteiger partial charge in [-0.3, -0.25) is 4.79 Å². The minimum absolute atomic E-state index is 0.109. The van der Waals surface area contributed by atoms with Crippen molar-refractivity contribution in [3.8, 4) is 0 Å². The van der Waals surface area contributed by atoms with Crippen LogP contribution in [0, 0.1) is 0 Å². The molecule has 0 heterocycles. The lowest BCUT2D eigenvalue weighted by atomic mass is 10.3. The quantitative estimate of drug-likeness (QED) is 0.534. The summed E-state index contributed by atoms with van der Waals surface area (Å²) in [5, 5.41) is -0.782. The van der Waals surface area contributed by atoms with Crippen molar-refractivity contribution in [1.82, 2.24) is 0 Å². The Morgan fingerprint density at radius 3 is 2.36 bits per heavy atom. The van der Waals surface area contributed by atoms with Crippen molar-refractivity contribution in [3.05, 3.63) is 0 Å². The number of esters is 1. The van der Waals surface area contributed by atoms with Crippen molar-refractivity contribution in [2.75, 3.05) is 12.5 Å². The smallest absolute Gasteiger partial charge is 0.302 e. The molecule has 0 saturated heterocycles. The first-order valence-electron chi connectivity index (χ1n) is 3.05. The van der Waals surface area contributed by atoms with E-state index in [1.807, 2.05) is 0 Å². The Kier molecular flexibility index (Phi) is 6.11. The second kappa shape index (κ2) is 5.92. The summed E-state index contributed by atoms with van der Waals surface area (Å²) >= 11 is 16.7. The lowest BCUT2D eigenvalue weighted by molar-refractivity contribution is -0.140. The van der Waals surface area contributed by atoms with Gasteiger partial charge >= 0.3 is 5.97 Å². The van der Waals surface area contributed by atoms with Crippen molar-refractivity contribution in [2.24, 2.45) is 0 Å². The van der Waals surface area contributed by atoms with E-state index in [0.29, 0.717) is 0 Å². The monoisotopic (exact) mass is 218 g/mol. The lowest BCUT2D eigenvalue weighted by Gasteiger charge is -2.12. The van der Waals surface area contributed by atoms with Crippen LogP contribution < -0.4 is 0 Å². The van der Waals surface area contributed by atoms with Crippen LogP contribution in [0.15, 0.2) is 0 Å². The first-order chi connectivity index (χ1) is 5.07. The van der Waals surface area contributed by atoms with Crippen LogP contribution in [0.4, 0.5) is 0 Å². The van der Waals surface area contributed by atoms with Gasteiger partial charge in [0, 0.05) is 12.8 Å². The van der Waals surface area contributed by atoms with Crippen LogP contribution in [0.25, 0.3) is 0 Å². The van der Waals surface area contributed by atoms with Crippen LogP contribution in [0.1, 0.15) is 6.92 Å². The van der Waals surface area contributed by atoms with E-state index >= 15 is 0 Å². The van der Waals surface area contributed by atoms with Gasteiger partial charge in [-0.2, -0.15) is 0 Å². The van der Waals surface area contributed by atoms with Gasteiger partial charge in [0.15, 0.2) is 0 Å². The predicted octanol–water partition coefficient (Wildman–Crippen LogP) is 2.00. The van der Waals surface area contributed by atoms with Gasteiger partial charge in [-0.1, -0.05) is 0 Å². The molecule has 66 valence electrons. The Morgan fingerprint density at radius 2 is 2.00 bits per heavy atom. The first-order valence-corrected chi connectivity index (χ1v) is 4.46. The number of rotatable bonds is 4. The summed E-state index contributed by atoms with van der Waals surface area (Å²) in [5.74, 6) is -0.120. The van der Waals surface area contributed by atoms with Gasteiger partial charge in [-0.05, 0) is 0 Å². The molecule has 0 N–H and O–H groups in total. The zero-order valence-corrected chi connectivity index (χ0v) is 8.29. The summed E-state index contributed by atoms with van der Waals surface area (Å²) in [5.41, 5.74) is 0. The molecule has 0 aliphatic heterocycles. The van der Waals surface area contributed by atoms with Crippen molar-refractivity contribution in [3.63, 3.8) is 0 Å². The summed E-state index contributed by atoms with van der Waals surface area (Å²) in [4.78, 5) is 10.3. The highest BCUT2D eigenvalue weighted by Crippen LogP contribution is 2.11. The van der Waals surface area contributed by atoms with E-state index in [4.69, 9.17) is 34.8 Å². The zero-order valence-electron chi connectivity index (χ0n) is 6.02. The maximum Gasteiger partial charge on any atom is 0.302 e. The molecule has 0 unspecified atom stereocenters. The number of ether oxygens (including phenoxy) is 1. The number of hydrogen-bond donors (Lipinski definition) is 0. The molecular formula is C6H9Cl3O2. The molecule has 11 heavy (non-hydrogen) atoms. The molecule has 0 aliphatic rings. The van der Waals surface area contributed by atoms with Gasteiger partial charge in [0.2, 0.25) is 0 Å². The van der Waals surface area contributed by atoms with Crippen molar-refractivity contribution in [2.45, 2.75) is 17.7 Å². The molecule has 2 atom stereocenters. The molecule has 0 radical (unpaired) electrons. The Balaban J connectivity index is 3.51. The van der Waals surface area contributed by atoms with Gasteiger partial charge in [0.1, 0.15) is 6.61 Å². The molecule has 2 nitrogen and oxygen atoms in total. The third-order valence-corrected chi connectivity index (χ3v) is 2.49. The van der Waals surface area contributed by atoms with Gasteiger partial charge in [0.25, 0.3) is 0 Å². The molecule has 0 aromatic heterocycles. The average molecular weight is 219 g/mol. The molecule has 0 rings (SSSR count). The second-order valence-electron chi connectivity index (χ2n) is 1.99. The van der Waals surface area contributed by atoms with E-state index in [1.54, 1.807) is 0 Å². The minimum atomic E-state index is -0.418. The van der Waals surface area contributed by atoms with Crippen molar-refractivity contribution >= 4 is 40.8 Å². The van der Waals surface area contributed by atoms with Gasteiger partial charge in [0.05, 0.1) is 10.8 Å². The van der Waals surface area contributed by atoms with Gasteiger partial charge in [-0.15, -0.1) is 34.8 Å². The maximum atomic E-state index is 10.3. The molecule has 0 aromatic carbocycles. The zero-order chi connectivity index (χ0) is 8.85. The van der Waals surface area contributed by atoms with Gasteiger partial charge in [-0.25, -0.2) is 0 Å². The largest absolute Gasteiger partial charge is 0.464 e. The third kappa shape index (κ3) is 5.59. The van der Waals surface area contributed by atoms with Crippen LogP contribution in [0.5, 0.6) is 0 Å². The van der Waals surface area contributed by atoms with E-state index in [-0.39, 0.29) is 23.8 Å². The normalized spacial score (nSPS) is 15.6. The van der Waals surface area contributed by atoms with E-state index in [2.05, 4.69) is 4.74 Å². The molecule has 0 fully saturated rings. The van der Waals surface area contributed by atoms with E-state index in [0.717, 1.165) is 0 Å². The van der Waals surface area contributed by atoms with Crippen LogP contribution in [0.3, 0.4) is 0 Å². The number of halogens is 3. The molecule has 0 spiro atoms. The molecule has 5 heteroatoms. The number of carbonyl (C=O) groups is 1. The summed E-state index contributed by atoms with van der Waals surface area (Å²) in [6.45, 7) is 1.42. The van der Waals surface area contributed by atoms with E-state index < -0.39 is 5.38 Å². The Labute approximate surface area is 80.7 Å². The third-order valence-electron chi connectivity index (χ3n) is 0.986. The SMILES string of the molecule is CC(=O)OC[C@H](Cl)[C@@H](Cl)CCl. The summed E-state index contributed by atoms with van der Waals surface area (Å²) in [6.07, 6.45) is 0. The molecule has 0 bridgehead atoms. The molecular weight excluding hydrogens is 210 g/mol. The van der Waals surface area contributed by atoms with Crippen molar-refractivity contribution in [1.29, 1.82) is 0 Å². The lowest BCUT2D eigenvalue weighted by Crippen LogP contribution is -2.23. The predicted molar refractivity (Wildman–Crippen MR) is 46.6 cm³/mol. The van der Waals surface area contributed by atoms with E-state index in [9.17, 15) is 4.79 Å². The summed E-state index contributed by atoms with van der Waals surface area (Å²) < 4.78 is 4.61. The Hall–Kier alpha value is 0.340. The summed E-state index contributed by atoms with van der Waals surface area (Å²) in [6, 6.07) is 0. The number of carbonyl (C=O) groups excluding carboxylic acids is 1. The molecule has 0 amide bonds. The highest BCUT2D eigenvalue weighted by Gasteiger charge is 2.16. The van der Waals surface area contributed by atoms with Crippen LogP contribution in [-0.2, 0) is 9.53 Å². The fraction of sp³-hybridized carbons (Fsp3) is 0.833. The number of alkyl halides is 3. The maximum absolute atomic E-state index is 10.3. The highest BCUT2D eigenvalue weighted by molar-refractivity contribution is 6.33. The van der Waals surface area contributed by atoms with Crippen LogP contribution in [-0.4, -0.2) is 29.2 Å². The fourth-order valence-electron chi connectivity index (χ4n) is 0.398. The first kappa shape index (κ1) is 11.3. The second-order valence-corrected chi connectivity index (χ2v) is 3.42. The Bertz CT molecular complexity index is 129. The topological polar surface area (TPSA) is 26.3 Å². The summed E-state index contributed by atoms with van der Waals surface area (Å²) in [7, 11) is 0. The van der Waals surface area contributed by atoms with E-state index in [1.165, 1.54) is 6.92 Å². The molecule has 0 aliphatic carbocycles. The van der Waals surface area contributed by atoms with Crippen LogP contribution >= 0.6 is 34.8 Å². The standard InChI is InChI=1S/C6H9Cl3O2/c1-4(10)11-3-6(9)5(8)2-7/h5-6H,2-3H2,1H3/t5-,6-/m0/s1. The minimum Gasteiger partial charge on any atom is -0.464 e. The van der Waals surface area contributed by atoms with Gasteiger partial charge < -0.3 is 4.74 Å². The highest BCUT2D eigenvalue weighted by atomic mass is 35.5. The van der Waals surface area contributed by atoms with Crippen molar-refractivity contribution < 1.29 is 9.53 Å².